The average Bonchev–Trinajstić information content (AvgIpc) is 2.27. The Morgan fingerprint density at radius 1 is 1.16 bits per heavy atom. The van der Waals surface area contributed by atoms with Crippen LogP contribution in [0, 0.1) is 20.8 Å². The molecule has 0 amide bonds. The molecule has 0 aliphatic carbocycles. The van der Waals surface area contributed by atoms with Gasteiger partial charge in [-0.05, 0) is 38.0 Å². The van der Waals surface area contributed by atoms with E-state index in [4.69, 9.17) is 5.84 Å². The van der Waals surface area contributed by atoms with Gasteiger partial charge in [-0.1, -0.05) is 6.07 Å². The summed E-state index contributed by atoms with van der Waals surface area (Å²) in [6.07, 6.45) is -4.50. The topological polar surface area (TPSA) is 50.9 Å². The van der Waals surface area contributed by atoms with Gasteiger partial charge in [0.15, 0.2) is 0 Å². The van der Waals surface area contributed by atoms with E-state index < -0.39 is 11.9 Å². The monoisotopic (exact) mass is 269 g/mol. The van der Waals surface area contributed by atoms with Crippen LogP contribution in [0.5, 0.6) is 0 Å². The van der Waals surface area contributed by atoms with Gasteiger partial charge in [-0.25, -0.2) is 4.98 Å². The van der Waals surface area contributed by atoms with Gasteiger partial charge in [0.1, 0.15) is 5.69 Å². The van der Waals surface area contributed by atoms with E-state index in [0.29, 0.717) is 10.9 Å². The fourth-order valence-corrected chi connectivity index (χ4v) is 2.33. The number of nitrogens with two attached hydrogens (primary N) is 1. The van der Waals surface area contributed by atoms with E-state index in [1.807, 2.05) is 19.9 Å². The largest absolute Gasteiger partial charge is 0.433 e. The summed E-state index contributed by atoms with van der Waals surface area (Å²) in [5, 5.41) is 0.624. The zero-order chi connectivity index (χ0) is 14.4. The first-order chi connectivity index (χ1) is 8.75. The minimum atomic E-state index is -4.50. The van der Waals surface area contributed by atoms with Gasteiger partial charge in [0, 0.05) is 10.9 Å². The molecule has 1 aromatic heterocycles. The lowest BCUT2D eigenvalue weighted by Crippen LogP contribution is -2.16. The summed E-state index contributed by atoms with van der Waals surface area (Å²) in [5.74, 6) is 5.39. The molecule has 2 rings (SSSR count). The highest BCUT2D eigenvalue weighted by Crippen LogP contribution is 2.37. The smallest absolute Gasteiger partial charge is 0.323 e. The molecule has 102 valence electrons. The molecular weight excluding hydrogens is 255 g/mol. The molecule has 0 aliphatic heterocycles. The first-order valence-electron chi connectivity index (χ1n) is 5.71. The number of aryl methyl sites for hydroxylation is 2. The van der Waals surface area contributed by atoms with Gasteiger partial charge in [0.05, 0.1) is 11.2 Å². The molecule has 0 spiro atoms. The quantitative estimate of drug-likeness (QED) is 0.615. The maximum atomic E-state index is 13.0. The van der Waals surface area contributed by atoms with Gasteiger partial charge >= 0.3 is 6.18 Å². The Morgan fingerprint density at radius 2 is 1.79 bits per heavy atom. The molecule has 0 atom stereocenters. The number of rotatable bonds is 1. The molecule has 3 N–H and O–H groups in total. The fraction of sp³-hybridized carbons (Fsp3) is 0.308. The summed E-state index contributed by atoms with van der Waals surface area (Å²) < 4.78 is 38.9. The van der Waals surface area contributed by atoms with Crippen LogP contribution in [-0.2, 0) is 6.18 Å². The minimum Gasteiger partial charge on any atom is -0.323 e. The third kappa shape index (κ3) is 2.23. The maximum Gasteiger partial charge on any atom is 0.433 e. The van der Waals surface area contributed by atoms with Gasteiger partial charge in [0.2, 0.25) is 0 Å². The summed E-state index contributed by atoms with van der Waals surface area (Å²) in [6.45, 7) is 5.01. The highest BCUT2D eigenvalue weighted by atomic mass is 19.4. The molecule has 0 bridgehead atoms. The number of nitrogens with zero attached hydrogens (tertiary/aromatic N) is 1. The van der Waals surface area contributed by atoms with E-state index in [1.54, 1.807) is 6.07 Å². The normalized spacial score (nSPS) is 11.9. The molecule has 2 aromatic rings. The second-order valence-corrected chi connectivity index (χ2v) is 4.58. The van der Waals surface area contributed by atoms with Crippen molar-refractivity contribution in [2.75, 3.05) is 5.43 Å². The number of benzene rings is 1. The van der Waals surface area contributed by atoms with E-state index >= 15 is 0 Å². The minimum absolute atomic E-state index is 0.00875. The molecule has 0 aliphatic rings. The van der Waals surface area contributed by atoms with Crippen LogP contribution >= 0.6 is 0 Å². The lowest BCUT2D eigenvalue weighted by Gasteiger charge is -2.17. The molecule has 3 nitrogen and oxygen atoms in total. The van der Waals surface area contributed by atoms with Gasteiger partial charge in [-0.2, -0.15) is 13.2 Å². The van der Waals surface area contributed by atoms with Crippen molar-refractivity contribution in [3.05, 3.63) is 34.5 Å². The SMILES string of the molecule is Cc1cc(C)c2c(NN)c(C)c(C(F)(F)F)nc2c1. The molecule has 19 heavy (non-hydrogen) atoms. The number of alkyl halides is 3. The van der Waals surface area contributed by atoms with Crippen LogP contribution in [0.1, 0.15) is 22.4 Å². The van der Waals surface area contributed by atoms with Crippen molar-refractivity contribution in [3.63, 3.8) is 0 Å². The number of fused-ring (bicyclic) bond motifs is 1. The molecular formula is C13H14F3N3. The molecule has 0 saturated carbocycles. The Hall–Kier alpha value is -1.82. The zero-order valence-corrected chi connectivity index (χ0v) is 10.8. The number of halogens is 3. The summed E-state index contributed by atoms with van der Waals surface area (Å²) in [6, 6.07) is 3.51. The first-order valence-corrected chi connectivity index (χ1v) is 5.71. The van der Waals surface area contributed by atoms with Crippen molar-refractivity contribution in [2.24, 2.45) is 5.84 Å². The molecule has 6 heteroatoms. The highest BCUT2D eigenvalue weighted by Gasteiger charge is 2.36. The third-order valence-corrected chi connectivity index (χ3v) is 3.08. The van der Waals surface area contributed by atoms with Gasteiger partial charge in [0.25, 0.3) is 0 Å². The number of hydrazine groups is 1. The summed E-state index contributed by atoms with van der Waals surface area (Å²) in [4.78, 5) is 3.76. The van der Waals surface area contributed by atoms with Crippen molar-refractivity contribution in [1.82, 2.24) is 4.98 Å². The van der Waals surface area contributed by atoms with Crippen molar-refractivity contribution >= 4 is 16.6 Å². The highest BCUT2D eigenvalue weighted by molar-refractivity contribution is 5.96. The number of hydrogen-bond acceptors (Lipinski definition) is 3. The van der Waals surface area contributed by atoms with Crippen molar-refractivity contribution in [2.45, 2.75) is 26.9 Å². The lowest BCUT2D eigenvalue weighted by atomic mass is 10.0. The van der Waals surface area contributed by atoms with E-state index in [9.17, 15) is 13.2 Å². The Bertz CT molecular complexity index is 648. The predicted molar refractivity (Wildman–Crippen MR) is 68.8 cm³/mol. The Labute approximate surface area is 108 Å². The molecule has 0 fully saturated rings. The van der Waals surface area contributed by atoms with Crippen molar-refractivity contribution in [3.8, 4) is 0 Å². The zero-order valence-electron chi connectivity index (χ0n) is 10.8. The third-order valence-electron chi connectivity index (χ3n) is 3.08. The van der Waals surface area contributed by atoms with Crippen LogP contribution in [0.3, 0.4) is 0 Å². The fourth-order valence-electron chi connectivity index (χ4n) is 2.33. The number of hydrogen-bond donors (Lipinski definition) is 2. The second kappa shape index (κ2) is 4.38. The van der Waals surface area contributed by atoms with Crippen LogP contribution in [0.15, 0.2) is 12.1 Å². The Kier molecular flexibility index (Phi) is 3.14. The van der Waals surface area contributed by atoms with E-state index in [0.717, 1.165) is 11.1 Å². The van der Waals surface area contributed by atoms with Gasteiger partial charge in [-0.3, -0.25) is 5.84 Å². The Balaban J connectivity index is 2.95. The number of aromatic nitrogens is 1. The van der Waals surface area contributed by atoms with Crippen molar-refractivity contribution < 1.29 is 13.2 Å². The molecule has 0 radical (unpaired) electrons. The number of nitrogen functional groups attached to an aromatic ring is 1. The summed E-state index contributed by atoms with van der Waals surface area (Å²) in [5.41, 5.74) is 3.74. The maximum absolute atomic E-state index is 13.0. The van der Waals surface area contributed by atoms with Gasteiger partial charge < -0.3 is 5.43 Å². The molecule has 0 unspecified atom stereocenters. The second-order valence-electron chi connectivity index (χ2n) is 4.58. The van der Waals surface area contributed by atoms with Crippen LogP contribution in [-0.4, -0.2) is 4.98 Å². The summed E-state index contributed by atoms with van der Waals surface area (Å²) >= 11 is 0. The van der Waals surface area contributed by atoms with Crippen LogP contribution in [0.4, 0.5) is 18.9 Å². The number of nitrogens with one attached hydrogen (secondary N) is 1. The Morgan fingerprint density at radius 3 is 2.32 bits per heavy atom. The number of anilines is 1. The van der Waals surface area contributed by atoms with Crippen LogP contribution in [0.2, 0.25) is 0 Å². The average molecular weight is 269 g/mol. The number of pyridine rings is 1. The molecule has 0 saturated heterocycles. The van der Waals surface area contributed by atoms with Crippen LogP contribution < -0.4 is 11.3 Å². The molecule has 1 heterocycles. The van der Waals surface area contributed by atoms with Gasteiger partial charge in [-0.15, -0.1) is 0 Å². The standard InChI is InChI=1S/C13H14F3N3/c1-6-4-7(2)10-9(5-6)18-12(13(14,15)16)8(3)11(10)19-17/h4-5H,17H2,1-3H3,(H,18,19). The van der Waals surface area contributed by atoms with E-state index in [-0.39, 0.29) is 11.3 Å². The van der Waals surface area contributed by atoms with E-state index in [2.05, 4.69) is 10.4 Å². The van der Waals surface area contributed by atoms with E-state index in [1.165, 1.54) is 6.92 Å². The molecule has 1 aromatic carbocycles. The van der Waals surface area contributed by atoms with Crippen LogP contribution in [0.25, 0.3) is 10.9 Å². The first kappa shape index (κ1) is 13.6. The predicted octanol–water partition coefficient (Wildman–Crippen LogP) is 3.46. The summed E-state index contributed by atoms with van der Waals surface area (Å²) in [7, 11) is 0. The van der Waals surface area contributed by atoms with Crippen molar-refractivity contribution in [1.29, 1.82) is 0 Å². The lowest BCUT2D eigenvalue weighted by molar-refractivity contribution is -0.141.